The van der Waals surface area contributed by atoms with Crippen LogP contribution >= 0.6 is 0 Å². The first-order valence-electron chi connectivity index (χ1n) is 10.5. The van der Waals surface area contributed by atoms with E-state index in [0.717, 1.165) is 37.2 Å². The summed E-state index contributed by atoms with van der Waals surface area (Å²) < 4.78 is 11.4. The molecule has 0 radical (unpaired) electrons. The maximum atomic E-state index is 5.98. The molecule has 1 N–H and O–H groups in total. The SMILES string of the molecule is COc1ccc2[nH]cc(C3CCN(C(C)c4nnc(-c5ccccc5)o4)CC3)c2c1. The molecule has 2 aromatic heterocycles. The smallest absolute Gasteiger partial charge is 0.247 e. The molecule has 1 aliphatic heterocycles. The third-order valence-corrected chi connectivity index (χ3v) is 6.26. The van der Waals surface area contributed by atoms with E-state index in [1.54, 1.807) is 7.11 Å². The molecule has 6 nitrogen and oxygen atoms in total. The zero-order chi connectivity index (χ0) is 20.5. The van der Waals surface area contributed by atoms with E-state index in [2.05, 4.69) is 45.3 Å². The van der Waals surface area contributed by atoms with Gasteiger partial charge in [-0.05, 0) is 74.7 Å². The average Bonchev–Trinajstić information content (AvgIpc) is 3.46. The molecule has 1 fully saturated rings. The second-order valence-corrected chi connectivity index (χ2v) is 7.95. The Kier molecular flexibility index (Phi) is 5.01. The highest BCUT2D eigenvalue weighted by Crippen LogP contribution is 2.36. The second kappa shape index (κ2) is 7.95. The molecule has 1 unspecified atom stereocenters. The number of benzene rings is 2. The van der Waals surface area contributed by atoms with Crippen molar-refractivity contribution in [1.82, 2.24) is 20.1 Å². The molecule has 5 rings (SSSR count). The highest BCUT2D eigenvalue weighted by atomic mass is 16.5. The largest absolute Gasteiger partial charge is 0.497 e. The zero-order valence-corrected chi connectivity index (χ0v) is 17.3. The van der Waals surface area contributed by atoms with Crippen LogP contribution in [0.4, 0.5) is 0 Å². The maximum absolute atomic E-state index is 5.98. The van der Waals surface area contributed by atoms with Crippen LogP contribution in [0.5, 0.6) is 5.75 Å². The van der Waals surface area contributed by atoms with Crippen molar-refractivity contribution in [3.8, 4) is 17.2 Å². The van der Waals surface area contributed by atoms with E-state index in [-0.39, 0.29) is 6.04 Å². The molecule has 3 heterocycles. The Morgan fingerprint density at radius 2 is 1.90 bits per heavy atom. The molecule has 1 aliphatic rings. The van der Waals surface area contributed by atoms with E-state index in [4.69, 9.17) is 9.15 Å². The number of piperidine rings is 1. The van der Waals surface area contributed by atoms with Crippen LogP contribution in [-0.4, -0.2) is 40.3 Å². The van der Waals surface area contributed by atoms with Crippen LogP contribution < -0.4 is 4.74 Å². The van der Waals surface area contributed by atoms with Crippen LogP contribution in [0, 0.1) is 0 Å². The number of H-pyrrole nitrogens is 1. The fourth-order valence-corrected chi connectivity index (χ4v) is 4.44. The van der Waals surface area contributed by atoms with Crippen molar-refractivity contribution in [3.63, 3.8) is 0 Å². The Bertz CT molecular complexity index is 1130. The van der Waals surface area contributed by atoms with Gasteiger partial charge in [0.15, 0.2) is 0 Å². The van der Waals surface area contributed by atoms with Crippen molar-refractivity contribution < 1.29 is 9.15 Å². The van der Waals surface area contributed by atoms with Gasteiger partial charge in [0.1, 0.15) is 5.75 Å². The Morgan fingerprint density at radius 1 is 1.10 bits per heavy atom. The minimum atomic E-state index is 0.110. The lowest BCUT2D eigenvalue weighted by atomic mass is 9.88. The number of aromatic nitrogens is 3. The van der Waals surface area contributed by atoms with E-state index in [1.165, 1.54) is 16.5 Å². The summed E-state index contributed by atoms with van der Waals surface area (Å²) in [4.78, 5) is 5.85. The predicted octanol–water partition coefficient (Wildman–Crippen LogP) is 5.17. The Morgan fingerprint density at radius 3 is 2.67 bits per heavy atom. The van der Waals surface area contributed by atoms with Crippen molar-refractivity contribution in [2.75, 3.05) is 20.2 Å². The number of nitrogens with zero attached hydrogens (tertiary/aromatic N) is 3. The number of aromatic amines is 1. The number of nitrogens with one attached hydrogen (secondary N) is 1. The molecule has 0 amide bonds. The standard InChI is InChI=1S/C24H26N4O2/c1-16(23-26-27-24(30-23)18-6-4-3-5-7-18)28-12-10-17(11-13-28)21-15-25-22-9-8-19(29-2)14-20(21)22/h3-9,14-17,25H,10-13H2,1-2H3. The molecule has 0 bridgehead atoms. The molecule has 30 heavy (non-hydrogen) atoms. The molecular weight excluding hydrogens is 376 g/mol. The molecule has 0 spiro atoms. The molecule has 154 valence electrons. The molecule has 6 heteroatoms. The minimum absolute atomic E-state index is 0.110. The summed E-state index contributed by atoms with van der Waals surface area (Å²) in [6.07, 6.45) is 4.38. The van der Waals surface area contributed by atoms with E-state index >= 15 is 0 Å². The topological polar surface area (TPSA) is 67.2 Å². The number of hydrogen-bond acceptors (Lipinski definition) is 5. The van der Waals surface area contributed by atoms with Crippen molar-refractivity contribution in [2.45, 2.75) is 31.7 Å². The first-order valence-corrected chi connectivity index (χ1v) is 10.5. The normalized spacial score (nSPS) is 16.7. The first-order chi connectivity index (χ1) is 14.7. The van der Waals surface area contributed by atoms with Gasteiger partial charge in [0.05, 0.1) is 13.2 Å². The maximum Gasteiger partial charge on any atom is 0.247 e. The number of hydrogen-bond donors (Lipinski definition) is 1. The number of likely N-dealkylation sites (tertiary alicyclic amines) is 1. The molecule has 0 aliphatic carbocycles. The van der Waals surface area contributed by atoms with Gasteiger partial charge < -0.3 is 14.1 Å². The van der Waals surface area contributed by atoms with Crippen molar-refractivity contribution in [3.05, 3.63) is 66.2 Å². The van der Waals surface area contributed by atoms with Crippen LogP contribution in [0.3, 0.4) is 0 Å². The van der Waals surface area contributed by atoms with Crippen LogP contribution in [0.25, 0.3) is 22.4 Å². The summed E-state index contributed by atoms with van der Waals surface area (Å²) in [5.74, 6) is 2.71. The fraction of sp³-hybridized carbons (Fsp3) is 0.333. The quantitative estimate of drug-likeness (QED) is 0.499. The minimum Gasteiger partial charge on any atom is -0.497 e. The van der Waals surface area contributed by atoms with Gasteiger partial charge in [0.2, 0.25) is 11.8 Å². The second-order valence-electron chi connectivity index (χ2n) is 7.95. The van der Waals surface area contributed by atoms with Crippen molar-refractivity contribution >= 4 is 10.9 Å². The number of fused-ring (bicyclic) bond motifs is 1. The van der Waals surface area contributed by atoms with Crippen molar-refractivity contribution in [2.24, 2.45) is 0 Å². The van der Waals surface area contributed by atoms with E-state index in [1.807, 2.05) is 36.4 Å². The Labute approximate surface area is 175 Å². The third kappa shape index (κ3) is 3.48. The highest BCUT2D eigenvalue weighted by molar-refractivity contribution is 5.85. The summed E-state index contributed by atoms with van der Waals surface area (Å²) in [5, 5.41) is 9.84. The van der Waals surface area contributed by atoms with Gasteiger partial charge in [-0.3, -0.25) is 4.90 Å². The summed E-state index contributed by atoms with van der Waals surface area (Å²) in [7, 11) is 1.72. The summed E-state index contributed by atoms with van der Waals surface area (Å²) >= 11 is 0. The number of ether oxygens (including phenoxy) is 1. The number of methoxy groups -OCH3 is 1. The van der Waals surface area contributed by atoms with Crippen LogP contribution in [0.15, 0.2) is 59.1 Å². The first kappa shape index (κ1) is 18.9. The van der Waals surface area contributed by atoms with Crippen LogP contribution in [0.1, 0.15) is 43.2 Å². The monoisotopic (exact) mass is 402 g/mol. The summed E-state index contributed by atoms with van der Waals surface area (Å²) in [6, 6.07) is 16.3. The van der Waals surface area contributed by atoms with E-state index < -0.39 is 0 Å². The van der Waals surface area contributed by atoms with Gasteiger partial charge in [-0.25, -0.2) is 0 Å². The van der Waals surface area contributed by atoms with Crippen molar-refractivity contribution in [1.29, 1.82) is 0 Å². The van der Waals surface area contributed by atoms with E-state index in [9.17, 15) is 0 Å². The van der Waals surface area contributed by atoms with Gasteiger partial charge in [-0.2, -0.15) is 0 Å². The lowest BCUT2D eigenvalue weighted by Gasteiger charge is -2.34. The van der Waals surface area contributed by atoms with Gasteiger partial charge in [-0.1, -0.05) is 18.2 Å². The zero-order valence-electron chi connectivity index (χ0n) is 17.3. The van der Waals surface area contributed by atoms with Gasteiger partial charge in [0, 0.05) is 22.7 Å². The fourth-order valence-electron chi connectivity index (χ4n) is 4.44. The molecule has 4 aromatic rings. The van der Waals surface area contributed by atoms with Gasteiger partial charge in [0.25, 0.3) is 0 Å². The summed E-state index contributed by atoms with van der Waals surface area (Å²) in [5.41, 5.74) is 3.51. The average molecular weight is 402 g/mol. The van der Waals surface area contributed by atoms with Gasteiger partial charge in [-0.15, -0.1) is 10.2 Å². The van der Waals surface area contributed by atoms with Crippen LogP contribution in [0.2, 0.25) is 0 Å². The molecule has 1 saturated heterocycles. The van der Waals surface area contributed by atoms with Crippen LogP contribution in [-0.2, 0) is 0 Å². The molecular formula is C24H26N4O2. The lowest BCUT2D eigenvalue weighted by Crippen LogP contribution is -2.35. The van der Waals surface area contributed by atoms with E-state index in [0.29, 0.717) is 17.7 Å². The predicted molar refractivity (Wildman–Crippen MR) is 117 cm³/mol. The Hall–Kier alpha value is -3.12. The van der Waals surface area contributed by atoms with Gasteiger partial charge >= 0.3 is 0 Å². The lowest BCUT2D eigenvalue weighted by molar-refractivity contribution is 0.143. The highest BCUT2D eigenvalue weighted by Gasteiger charge is 2.28. The third-order valence-electron chi connectivity index (χ3n) is 6.26. The Balaban J connectivity index is 1.28. The molecule has 2 aromatic carbocycles. The molecule has 1 atom stereocenters. The molecule has 0 saturated carbocycles. The summed E-state index contributed by atoms with van der Waals surface area (Å²) in [6.45, 7) is 4.16. The number of rotatable bonds is 5.